The number of aromatic nitrogens is 1. The summed E-state index contributed by atoms with van der Waals surface area (Å²) in [5, 5.41) is 3.02. The van der Waals surface area contributed by atoms with Crippen molar-refractivity contribution in [3.05, 3.63) is 34.8 Å². The van der Waals surface area contributed by atoms with E-state index in [0.717, 1.165) is 31.8 Å². The Morgan fingerprint density at radius 3 is 2.73 bits per heavy atom. The number of para-hydroxylation sites is 2. The lowest BCUT2D eigenvalue weighted by Crippen LogP contribution is -2.55. The van der Waals surface area contributed by atoms with E-state index in [-0.39, 0.29) is 17.2 Å². The Bertz CT molecular complexity index is 802. The van der Waals surface area contributed by atoms with Gasteiger partial charge in [0.25, 0.3) is 0 Å². The second-order valence-corrected chi connectivity index (χ2v) is 7.28. The zero-order chi connectivity index (χ0) is 18.6. The van der Waals surface area contributed by atoms with Gasteiger partial charge in [0, 0.05) is 38.1 Å². The molecule has 0 unspecified atom stereocenters. The Morgan fingerprint density at radius 1 is 1.23 bits per heavy atom. The van der Waals surface area contributed by atoms with Crippen molar-refractivity contribution in [3.63, 3.8) is 0 Å². The van der Waals surface area contributed by atoms with E-state index in [0.29, 0.717) is 31.5 Å². The number of ether oxygens (including phenoxy) is 1. The summed E-state index contributed by atoms with van der Waals surface area (Å²) in [7, 11) is 0. The molecule has 1 aromatic heterocycles. The van der Waals surface area contributed by atoms with Crippen LogP contribution in [-0.2, 0) is 16.1 Å². The highest BCUT2D eigenvalue weighted by Gasteiger charge is 2.28. The van der Waals surface area contributed by atoms with E-state index in [4.69, 9.17) is 9.15 Å². The van der Waals surface area contributed by atoms with Crippen LogP contribution in [0.1, 0.15) is 26.7 Å². The number of hydrogen-bond acceptors (Lipinski definition) is 5. The van der Waals surface area contributed by atoms with Crippen LogP contribution in [0.4, 0.5) is 0 Å². The Labute approximate surface area is 152 Å². The van der Waals surface area contributed by atoms with Crippen LogP contribution in [0.3, 0.4) is 0 Å². The third-order valence-electron chi connectivity index (χ3n) is 4.94. The second kappa shape index (κ2) is 8.05. The number of carbonyl (C=O) groups excluding carboxylic acids is 1. The minimum Gasteiger partial charge on any atom is -0.408 e. The largest absolute Gasteiger partial charge is 0.419 e. The highest BCUT2D eigenvalue weighted by atomic mass is 16.5. The monoisotopic (exact) mass is 361 g/mol. The Morgan fingerprint density at radius 2 is 1.96 bits per heavy atom. The molecule has 142 valence electrons. The molecule has 7 heteroatoms. The molecule has 1 aromatic carbocycles. The van der Waals surface area contributed by atoms with Gasteiger partial charge in [-0.1, -0.05) is 12.1 Å². The molecule has 7 nitrogen and oxygen atoms in total. The average molecular weight is 361 g/mol. The average Bonchev–Trinajstić information content (AvgIpc) is 2.96. The van der Waals surface area contributed by atoms with E-state index in [1.165, 1.54) is 0 Å². The summed E-state index contributed by atoms with van der Waals surface area (Å²) in [5.74, 6) is -0.368. The lowest BCUT2D eigenvalue weighted by Gasteiger charge is -2.40. The SMILES string of the molecule is CC(C)(CNC(=O)CCCn1c(=O)oc2ccccc21)N1CCOCC1. The molecular weight excluding hydrogens is 334 g/mol. The minimum atomic E-state index is -0.375. The third-order valence-corrected chi connectivity index (χ3v) is 4.94. The summed E-state index contributed by atoms with van der Waals surface area (Å²) < 4.78 is 12.2. The molecule has 1 amide bonds. The predicted octanol–water partition coefficient (Wildman–Crippen LogP) is 1.60. The van der Waals surface area contributed by atoms with Gasteiger partial charge in [-0.25, -0.2) is 4.79 Å². The summed E-state index contributed by atoms with van der Waals surface area (Å²) >= 11 is 0. The summed E-state index contributed by atoms with van der Waals surface area (Å²) in [4.78, 5) is 26.5. The van der Waals surface area contributed by atoms with Gasteiger partial charge < -0.3 is 14.5 Å². The zero-order valence-electron chi connectivity index (χ0n) is 15.5. The van der Waals surface area contributed by atoms with Crippen LogP contribution >= 0.6 is 0 Å². The molecule has 0 atom stereocenters. The molecule has 0 bridgehead atoms. The van der Waals surface area contributed by atoms with Crippen molar-refractivity contribution >= 4 is 17.0 Å². The number of benzene rings is 1. The van der Waals surface area contributed by atoms with Gasteiger partial charge in [0.2, 0.25) is 5.91 Å². The van der Waals surface area contributed by atoms with Crippen LogP contribution < -0.4 is 11.1 Å². The van der Waals surface area contributed by atoms with E-state index in [2.05, 4.69) is 24.1 Å². The van der Waals surface area contributed by atoms with Crippen LogP contribution in [0.25, 0.3) is 11.1 Å². The van der Waals surface area contributed by atoms with E-state index in [1.807, 2.05) is 18.2 Å². The molecule has 0 saturated carbocycles. The Balaban J connectivity index is 1.47. The smallest absolute Gasteiger partial charge is 0.408 e. The first-order valence-corrected chi connectivity index (χ1v) is 9.15. The minimum absolute atomic E-state index is 0.00665. The maximum Gasteiger partial charge on any atom is 0.419 e. The van der Waals surface area contributed by atoms with Gasteiger partial charge in [-0.3, -0.25) is 14.3 Å². The second-order valence-electron chi connectivity index (χ2n) is 7.28. The topological polar surface area (TPSA) is 76.7 Å². The summed E-state index contributed by atoms with van der Waals surface area (Å²) in [5.41, 5.74) is 1.25. The molecule has 0 radical (unpaired) electrons. The molecule has 0 aliphatic carbocycles. The quantitative estimate of drug-likeness (QED) is 0.811. The molecule has 1 saturated heterocycles. The molecule has 1 fully saturated rings. The van der Waals surface area contributed by atoms with Crippen LogP contribution in [0.15, 0.2) is 33.5 Å². The number of morpholine rings is 1. The maximum absolute atomic E-state index is 12.2. The van der Waals surface area contributed by atoms with E-state index in [9.17, 15) is 9.59 Å². The van der Waals surface area contributed by atoms with Gasteiger partial charge in [-0.15, -0.1) is 0 Å². The molecule has 1 aliphatic rings. The van der Waals surface area contributed by atoms with Crippen LogP contribution in [0, 0.1) is 0 Å². The first-order valence-electron chi connectivity index (χ1n) is 9.15. The number of nitrogens with one attached hydrogen (secondary N) is 1. The van der Waals surface area contributed by atoms with Crippen LogP contribution in [0.5, 0.6) is 0 Å². The van der Waals surface area contributed by atoms with Crippen molar-refractivity contribution in [1.29, 1.82) is 0 Å². The van der Waals surface area contributed by atoms with Gasteiger partial charge in [-0.05, 0) is 32.4 Å². The number of aryl methyl sites for hydroxylation is 1. The first-order chi connectivity index (χ1) is 12.5. The fraction of sp³-hybridized carbons (Fsp3) is 0.579. The number of fused-ring (bicyclic) bond motifs is 1. The van der Waals surface area contributed by atoms with Gasteiger partial charge in [0.15, 0.2) is 5.58 Å². The highest BCUT2D eigenvalue weighted by Crippen LogP contribution is 2.15. The standard InChI is InChI=1S/C19H27N3O4/c1-19(2,21-10-12-25-13-11-21)14-20-17(23)8-5-9-22-15-6-3-4-7-16(15)26-18(22)24/h3-4,6-7H,5,8-14H2,1-2H3,(H,20,23). The summed E-state index contributed by atoms with van der Waals surface area (Å²) in [6, 6.07) is 7.33. The summed E-state index contributed by atoms with van der Waals surface area (Å²) in [6.07, 6.45) is 0.971. The fourth-order valence-electron chi connectivity index (χ4n) is 3.31. The summed E-state index contributed by atoms with van der Waals surface area (Å²) in [6.45, 7) is 8.59. The van der Waals surface area contributed by atoms with Crippen molar-refractivity contribution in [2.24, 2.45) is 0 Å². The Kier molecular flexibility index (Phi) is 5.78. The zero-order valence-corrected chi connectivity index (χ0v) is 15.5. The van der Waals surface area contributed by atoms with Crippen molar-refractivity contribution < 1.29 is 13.9 Å². The molecule has 1 aliphatic heterocycles. The number of amides is 1. The lowest BCUT2D eigenvalue weighted by molar-refractivity contribution is -0.122. The fourth-order valence-corrected chi connectivity index (χ4v) is 3.31. The predicted molar refractivity (Wildman–Crippen MR) is 99.2 cm³/mol. The molecule has 0 spiro atoms. The molecule has 2 aromatic rings. The normalized spacial score (nSPS) is 16.1. The first kappa shape index (κ1) is 18.7. The number of carbonyl (C=O) groups is 1. The molecular formula is C19H27N3O4. The number of rotatable bonds is 7. The number of oxazole rings is 1. The lowest BCUT2D eigenvalue weighted by atomic mass is 10.0. The molecule has 2 heterocycles. The molecule has 26 heavy (non-hydrogen) atoms. The Hall–Kier alpha value is -2.12. The van der Waals surface area contributed by atoms with Crippen molar-refractivity contribution in [2.75, 3.05) is 32.8 Å². The van der Waals surface area contributed by atoms with Crippen LogP contribution in [-0.4, -0.2) is 53.8 Å². The number of hydrogen-bond donors (Lipinski definition) is 1. The van der Waals surface area contributed by atoms with E-state index < -0.39 is 0 Å². The van der Waals surface area contributed by atoms with Gasteiger partial charge in [-0.2, -0.15) is 0 Å². The van der Waals surface area contributed by atoms with E-state index in [1.54, 1.807) is 10.6 Å². The van der Waals surface area contributed by atoms with Gasteiger partial charge in [0.05, 0.1) is 18.7 Å². The molecule has 1 N–H and O–H groups in total. The molecule has 3 rings (SSSR count). The number of nitrogens with zero attached hydrogens (tertiary/aromatic N) is 2. The highest BCUT2D eigenvalue weighted by molar-refractivity contribution is 5.76. The van der Waals surface area contributed by atoms with Crippen molar-refractivity contribution in [3.8, 4) is 0 Å². The maximum atomic E-state index is 12.2. The van der Waals surface area contributed by atoms with E-state index >= 15 is 0 Å². The third kappa shape index (κ3) is 4.34. The van der Waals surface area contributed by atoms with Gasteiger partial charge >= 0.3 is 5.76 Å². The van der Waals surface area contributed by atoms with Crippen LogP contribution in [0.2, 0.25) is 0 Å². The van der Waals surface area contributed by atoms with Crippen molar-refractivity contribution in [1.82, 2.24) is 14.8 Å². The van der Waals surface area contributed by atoms with Gasteiger partial charge in [0.1, 0.15) is 0 Å². The van der Waals surface area contributed by atoms with Crippen molar-refractivity contribution in [2.45, 2.75) is 38.8 Å².